The molecule has 39 heavy (non-hydrogen) atoms. The molecule has 1 aliphatic heterocycles. The van der Waals surface area contributed by atoms with Gasteiger partial charge in [-0.2, -0.15) is 0 Å². The van der Waals surface area contributed by atoms with Crippen molar-refractivity contribution in [3.8, 4) is 0 Å². The van der Waals surface area contributed by atoms with Crippen molar-refractivity contribution in [1.82, 2.24) is 5.32 Å². The molecule has 0 unspecified atom stereocenters. The molecule has 8 nitrogen and oxygen atoms in total. The minimum atomic E-state index is -1.79. The monoisotopic (exact) mass is 601 g/mol. The standard InChI is InChI=1S/C28H34Cl3NO7/c1-2-3-10-15-36-26-23(32-27(34)38-19-28(29,30)31)25(37-17-21-13-8-5-9-14-21)24(33)22(39-26)18-35-16-20-11-6-4-7-12-20/h2,4-9,11-14,22-26,33H,1,3,10,15-19H2,(H,32,34)/t22-,23-,24-,25-,26-/m1/s1. The predicted octanol–water partition coefficient (Wildman–Crippen LogP) is 5.32. The number of carbonyl (C=O) groups excluding carboxylic acids is 1. The first-order chi connectivity index (χ1) is 18.8. The van der Waals surface area contributed by atoms with Gasteiger partial charge in [-0.15, -0.1) is 6.58 Å². The number of carbonyl (C=O) groups is 1. The molecular weight excluding hydrogens is 569 g/mol. The van der Waals surface area contributed by atoms with Crippen molar-refractivity contribution < 1.29 is 33.6 Å². The first-order valence-electron chi connectivity index (χ1n) is 12.6. The Hall–Kier alpha value is -1.88. The summed E-state index contributed by atoms with van der Waals surface area (Å²) in [6.45, 7) is 4.13. The number of unbranched alkanes of at least 4 members (excludes halogenated alkanes) is 1. The minimum Gasteiger partial charge on any atom is -0.445 e. The second kappa shape index (κ2) is 16.4. The molecule has 0 aromatic heterocycles. The Morgan fingerprint density at radius 2 is 1.67 bits per heavy atom. The molecular formula is C28H34Cl3NO7. The molecule has 1 heterocycles. The highest BCUT2D eigenvalue weighted by atomic mass is 35.6. The Labute approximate surface area is 244 Å². The Kier molecular flexibility index (Phi) is 13.3. The highest BCUT2D eigenvalue weighted by Gasteiger charge is 2.48. The van der Waals surface area contributed by atoms with Crippen LogP contribution in [0.3, 0.4) is 0 Å². The van der Waals surface area contributed by atoms with Crippen molar-refractivity contribution in [3.63, 3.8) is 0 Å². The van der Waals surface area contributed by atoms with Crippen molar-refractivity contribution in [3.05, 3.63) is 84.4 Å². The second-order valence-electron chi connectivity index (χ2n) is 8.96. The third-order valence-electron chi connectivity index (χ3n) is 5.84. The number of hydrogen-bond donors (Lipinski definition) is 2. The van der Waals surface area contributed by atoms with Crippen LogP contribution in [0, 0.1) is 0 Å². The molecule has 2 N–H and O–H groups in total. The molecule has 5 atom stereocenters. The number of alkyl halides is 3. The summed E-state index contributed by atoms with van der Waals surface area (Å²) < 4.78 is 27.4. The molecule has 1 aliphatic rings. The lowest BCUT2D eigenvalue weighted by Crippen LogP contribution is -2.65. The lowest BCUT2D eigenvalue weighted by atomic mass is 9.96. The Balaban J connectivity index is 1.76. The van der Waals surface area contributed by atoms with Crippen LogP contribution in [0.5, 0.6) is 0 Å². The molecule has 1 saturated heterocycles. The summed E-state index contributed by atoms with van der Waals surface area (Å²) in [6, 6.07) is 18.2. The summed E-state index contributed by atoms with van der Waals surface area (Å²) in [5.41, 5.74) is 1.86. The number of benzene rings is 2. The van der Waals surface area contributed by atoms with Gasteiger partial charge < -0.3 is 34.1 Å². The molecule has 1 fully saturated rings. The number of halogens is 3. The van der Waals surface area contributed by atoms with Gasteiger partial charge in [0, 0.05) is 0 Å². The van der Waals surface area contributed by atoms with Gasteiger partial charge in [-0.1, -0.05) is 102 Å². The SMILES string of the molecule is C=CCCCO[C@@H]1O[C@H](COCc2ccccc2)[C@@H](O)[C@H](OCc2ccccc2)[C@H]1NC(=O)OCC(Cl)(Cl)Cl. The summed E-state index contributed by atoms with van der Waals surface area (Å²) in [5, 5.41) is 14.0. The van der Waals surface area contributed by atoms with E-state index in [9.17, 15) is 9.90 Å². The number of amides is 1. The van der Waals surface area contributed by atoms with Crippen LogP contribution in [0.1, 0.15) is 24.0 Å². The second-order valence-corrected chi connectivity index (χ2v) is 11.5. The Bertz CT molecular complexity index is 994. The quantitative estimate of drug-likeness (QED) is 0.172. The van der Waals surface area contributed by atoms with Crippen LogP contribution in [-0.4, -0.2) is 65.5 Å². The van der Waals surface area contributed by atoms with E-state index in [1.165, 1.54) is 0 Å². The summed E-state index contributed by atoms with van der Waals surface area (Å²) in [7, 11) is 0. The average Bonchev–Trinajstić information content (AvgIpc) is 2.92. The molecule has 2 aromatic rings. The van der Waals surface area contributed by atoms with Crippen molar-refractivity contribution in [2.45, 2.75) is 60.5 Å². The smallest absolute Gasteiger partial charge is 0.407 e. The fraction of sp³-hybridized carbons (Fsp3) is 0.464. The van der Waals surface area contributed by atoms with Crippen LogP contribution in [0.25, 0.3) is 0 Å². The lowest BCUT2D eigenvalue weighted by Gasteiger charge is -2.44. The Morgan fingerprint density at radius 3 is 2.28 bits per heavy atom. The molecule has 0 bridgehead atoms. The zero-order valence-corrected chi connectivity index (χ0v) is 23.7. The number of ether oxygens (including phenoxy) is 5. The number of aliphatic hydroxyl groups is 1. The third kappa shape index (κ3) is 11.3. The maximum atomic E-state index is 12.6. The van der Waals surface area contributed by atoms with E-state index in [0.29, 0.717) is 19.6 Å². The maximum Gasteiger partial charge on any atom is 0.407 e. The van der Waals surface area contributed by atoms with Crippen LogP contribution >= 0.6 is 34.8 Å². The van der Waals surface area contributed by atoms with Crippen LogP contribution in [0.2, 0.25) is 0 Å². The van der Waals surface area contributed by atoms with E-state index >= 15 is 0 Å². The predicted molar refractivity (Wildman–Crippen MR) is 150 cm³/mol. The fourth-order valence-corrected chi connectivity index (χ4v) is 4.10. The maximum absolute atomic E-state index is 12.6. The Morgan fingerprint density at radius 1 is 1.03 bits per heavy atom. The van der Waals surface area contributed by atoms with Gasteiger partial charge in [0.25, 0.3) is 0 Å². The van der Waals surface area contributed by atoms with Crippen molar-refractivity contribution in [2.24, 2.45) is 0 Å². The molecule has 2 aromatic carbocycles. The molecule has 1 amide bonds. The van der Waals surface area contributed by atoms with Crippen molar-refractivity contribution in [1.29, 1.82) is 0 Å². The van der Waals surface area contributed by atoms with Gasteiger partial charge in [0.05, 0.1) is 26.4 Å². The fourth-order valence-electron chi connectivity index (χ4n) is 3.94. The van der Waals surface area contributed by atoms with Crippen LogP contribution < -0.4 is 5.32 Å². The van der Waals surface area contributed by atoms with Crippen LogP contribution in [0.15, 0.2) is 73.3 Å². The van der Waals surface area contributed by atoms with Crippen molar-refractivity contribution >= 4 is 40.9 Å². The van der Waals surface area contributed by atoms with E-state index in [1.807, 2.05) is 60.7 Å². The first kappa shape index (κ1) is 31.6. The summed E-state index contributed by atoms with van der Waals surface area (Å²) >= 11 is 17.2. The van der Waals surface area contributed by atoms with E-state index in [2.05, 4.69) is 11.9 Å². The van der Waals surface area contributed by atoms with Crippen molar-refractivity contribution in [2.75, 3.05) is 19.8 Å². The number of alkyl carbamates (subject to hydrolysis) is 1. The van der Waals surface area contributed by atoms with E-state index in [4.69, 9.17) is 58.5 Å². The zero-order valence-electron chi connectivity index (χ0n) is 21.4. The van der Waals surface area contributed by atoms with Gasteiger partial charge in [0.1, 0.15) is 31.0 Å². The molecule has 0 saturated carbocycles. The highest BCUT2D eigenvalue weighted by molar-refractivity contribution is 6.67. The number of aliphatic hydroxyl groups excluding tert-OH is 1. The molecule has 0 radical (unpaired) electrons. The summed E-state index contributed by atoms with van der Waals surface area (Å²) in [4.78, 5) is 12.6. The minimum absolute atomic E-state index is 0.0677. The number of hydrogen-bond acceptors (Lipinski definition) is 7. The highest BCUT2D eigenvalue weighted by Crippen LogP contribution is 2.28. The van der Waals surface area contributed by atoms with Crippen LogP contribution in [-0.2, 0) is 36.9 Å². The third-order valence-corrected chi connectivity index (χ3v) is 6.17. The molecule has 3 rings (SSSR count). The van der Waals surface area contributed by atoms with E-state index in [1.54, 1.807) is 6.08 Å². The molecule has 0 aliphatic carbocycles. The van der Waals surface area contributed by atoms with Gasteiger partial charge in [-0.05, 0) is 24.0 Å². The first-order valence-corrected chi connectivity index (χ1v) is 13.7. The zero-order chi connectivity index (χ0) is 28.1. The number of rotatable bonds is 14. The molecule has 11 heteroatoms. The van der Waals surface area contributed by atoms with E-state index < -0.39 is 47.1 Å². The van der Waals surface area contributed by atoms with Gasteiger partial charge in [-0.25, -0.2) is 4.79 Å². The van der Waals surface area contributed by atoms with E-state index in [0.717, 1.165) is 17.5 Å². The largest absolute Gasteiger partial charge is 0.445 e. The number of nitrogens with one attached hydrogen (secondary N) is 1. The number of allylic oxidation sites excluding steroid dienone is 1. The average molecular weight is 603 g/mol. The van der Waals surface area contributed by atoms with Gasteiger partial charge in [-0.3, -0.25) is 0 Å². The van der Waals surface area contributed by atoms with Gasteiger partial charge >= 0.3 is 6.09 Å². The molecule has 0 spiro atoms. The summed E-state index contributed by atoms with van der Waals surface area (Å²) in [6.07, 6.45) is -1.57. The van der Waals surface area contributed by atoms with E-state index in [-0.39, 0.29) is 13.2 Å². The lowest BCUT2D eigenvalue weighted by molar-refractivity contribution is -0.280. The van der Waals surface area contributed by atoms with Gasteiger partial charge in [0.2, 0.25) is 3.79 Å². The summed E-state index contributed by atoms with van der Waals surface area (Å²) in [5.74, 6) is 0. The molecule has 214 valence electrons. The van der Waals surface area contributed by atoms with Gasteiger partial charge in [0.15, 0.2) is 6.29 Å². The normalized spacial score (nSPS) is 23.2. The topological polar surface area (TPSA) is 95.5 Å². The van der Waals surface area contributed by atoms with Crippen LogP contribution in [0.4, 0.5) is 4.79 Å².